The number of carbonyl (C=O) groups is 1. The van der Waals surface area contributed by atoms with Crippen molar-refractivity contribution in [3.63, 3.8) is 0 Å². The second kappa shape index (κ2) is 7.63. The summed E-state index contributed by atoms with van der Waals surface area (Å²) < 4.78 is 2.31. The Kier molecular flexibility index (Phi) is 5.77. The Morgan fingerprint density at radius 2 is 1.84 bits per heavy atom. The van der Waals surface area contributed by atoms with Gasteiger partial charge in [-0.15, -0.1) is 0 Å². The molecule has 0 aliphatic rings. The van der Waals surface area contributed by atoms with Crippen molar-refractivity contribution in [1.29, 1.82) is 0 Å². The van der Waals surface area contributed by atoms with Gasteiger partial charge in [0.15, 0.2) is 0 Å². The number of nitrogens with zero attached hydrogens (tertiary/aromatic N) is 3. The molecule has 2 rings (SSSR count). The molecule has 2 heterocycles. The van der Waals surface area contributed by atoms with E-state index in [9.17, 15) is 14.4 Å². The maximum atomic E-state index is 12.4. The van der Waals surface area contributed by atoms with E-state index in [0.717, 1.165) is 23.8 Å². The summed E-state index contributed by atoms with van der Waals surface area (Å²) >= 11 is 0. The van der Waals surface area contributed by atoms with Crippen molar-refractivity contribution in [1.82, 2.24) is 19.4 Å². The molecular weight excluding hydrogens is 320 g/mol. The Bertz CT molecular complexity index is 896. The highest BCUT2D eigenvalue weighted by molar-refractivity contribution is 5.96. The van der Waals surface area contributed by atoms with Crippen LogP contribution in [0.3, 0.4) is 0 Å². The molecule has 2 aromatic rings. The molecule has 0 aliphatic heterocycles. The fourth-order valence-corrected chi connectivity index (χ4v) is 2.80. The van der Waals surface area contributed by atoms with Crippen molar-refractivity contribution >= 4 is 16.9 Å². The number of nitrogens with one attached hydrogen (secondary N) is 1. The van der Waals surface area contributed by atoms with Gasteiger partial charge in [0.2, 0.25) is 0 Å². The first-order valence-electron chi connectivity index (χ1n) is 8.59. The molecule has 1 amide bonds. The number of carbonyl (C=O) groups excluding carboxylic acids is 1. The number of rotatable bonds is 6. The molecule has 136 valence electrons. The van der Waals surface area contributed by atoms with Gasteiger partial charge in [-0.3, -0.25) is 18.7 Å². The van der Waals surface area contributed by atoms with Crippen LogP contribution in [0, 0.1) is 5.92 Å². The van der Waals surface area contributed by atoms with Crippen molar-refractivity contribution < 1.29 is 4.79 Å². The maximum Gasteiger partial charge on any atom is 0.332 e. The van der Waals surface area contributed by atoms with E-state index >= 15 is 0 Å². The minimum atomic E-state index is -0.453. The van der Waals surface area contributed by atoms with Crippen LogP contribution < -0.4 is 16.6 Å². The summed E-state index contributed by atoms with van der Waals surface area (Å²) in [5.41, 5.74) is -0.306. The molecule has 0 saturated carbocycles. The van der Waals surface area contributed by atoms with E-state index in [1.807, 2.05) is 6.92 Å². The molecule has 0 spiro atoms. The average Bonchev–Trinajstić information content (AvgIpc) is 2.57. The van der Waals surface area contributed by atoms with E-state index in [1.54, 1.807) is 7.05 Å². The van der Waals surface area contributed by atoms with Crippen LogP contribution in [0.15, 0.2) is 21.9 Å². The Balaban J connectivity index is 2.23. The number of hydrogen-bond donors (Lipinski definition) is 1. The molecular formula is C18H26N4O3. The van der Waals surface area contributed by atoms with Crippen molar-refractivity contribution in [2.75, 3.05) is 0 Å². The van der Waals surface area contributed by atoms with Crippen LogP contribution in [0.2, 0.25) is 0 Å². The molecule has 0 fully saturated rings. The molecule has 0 saturated heterocycles. The molecule has 1 atom stereocenters. The topological polar surface area (TPSA) is 86.0 Å². The van der Waals surface area contributed by atoms with Crippen molar-refractivity contribution in [3.8, 4) is 0 Å². The summed E-state index contributed by atoms with van der Waals surface area (Å²) in [5, 5.41) is 3.19. The molecule has 0 aromatic carbocycles. The quantitative estimate of drug-likeness (QED) is 0.860. The van der Waals surface area contributed by atoms with Crippen LogP contribution in [0.4, 0.5) is 0 Å². The Hall–Kier alpha value is -2.44. The molecule has 1 N–H and O–H groups in total. The first-order valence-corrected chi connectivity index (χ1v) is 8.59. The minimum absolute atomic E-state index is 0.0462. The zero-order chi connectivity index (χ0) is 18.7. The fraction of sp³-hybridized carbons (Fsp3) is 0.556. The predicted molar refractivity (Wildman–Crippen MR) is 97.8 cm³/mol. The highest BCUT2D eigenvalue weighted by Gasteiger charge is 2.15. The molecule has 0 bridgehead atoms. The Morgan fingerprint density at radius 3 is 2.48 bits per heavy atom. The third-order valence-corrected chi connectivity index (χ3v) is 4.35. The minimum Gasteiger partial charge on any atom is -0.350 e. The zero-order valence-electron chi connectivity index (χ0n) is 15.5. The van der Waals surface area contributed by atoms with E-state index < -0.39 is 11.2 Å². The number of amides is 1. The second-order valence-corrected chi connectivity index (χ2v) is 7.00. The molecule has 1 unspecified atom stereocenters. The molecule has 7 nitrogen and oxygen atoms in total. The van der Waals surface area contributed by atoms with Gasteiger partial charge >= 0.3 is 5.69 Å². The van der Waals surface area contributed by atoms with Gasteiger partial charge in [0.1, 0.15) is 5.65 Å². The lowest BCUT2D eigenvalue weighted by Crippen LogP contribution is -2.37. The van der Waals surface area contributed by atoms with Gasteiger partial charge in [-0.05, 0) is 25.3 Å². The summed E-state index contributed by atoms with van der Waals surface area (Å²) in [4.78, 5) is 40.8. The maximum absolute atomic E-state index is 12.4. The largest absolute Gasteiger partial charge is 0.350 e. The number of hydrogen-bond acceptors (Lipinski definition) is 4. The summed E-state index contributed by atoms with van der Waals surface area (Å²) in [6.07, 6.45) is 4.48. The third-order valence-electron chi connectivity index (χ3n) is 4.35. The summed E-state index contributed by atoms with van der Waals surface area (Å²) in [5.74, 6) is 0.387. The van der Waals surface area contributed by atoms with Crippen molar-refractivity contribution in [2.24, 2.45) is 20.0 Å². The number of aromatic nitrogens is 3. The molecule has 7 heteroatoms. The average molecular weight is 346 g/mol. The summed E-state index contributed by atoms with van der Waals surface area (Å²) in [6, 6.07) is 1.55. The second-order valence-electron chi connectivity index (χ2n) is 7.00. The smallest absolute Gasteiger partial charge is 0.332 e. The third kappa shape index (κ3) is 4.15. The van der Waals surface area contributed by atoms with Crippen molar-refractivity contribution in [3.05, 3.63) is 38.7 Å². The van der Waals surface area contributed by atoms with Gasteiger partial charge in [0.05, 0.1) is 10.9 Å². The zero-order valence-corrected chi connectivity index (χ0v) is 15.5. The van der Waals surface area contributed by atoms with Crippen LogP contribution in [0.1, 0.15) is 50.4 Å². The van der Waals surface area contributed by atoms with Gasteiger partial charge < -0.3 is 5.32 Å². The van der Waals surface area contributed by atoms with E-state index in [4.69, 9.17) is 0 Å². The number of aryl methyl sites for hydroxylation is 1. The Morgan fingerprint density at radius 1 is 1.16 bits per heavy atom. The van der Waals surface area contributed by atoms with Crippen LogP contribution in [-0.2, 0) is 14.1 Å². The predicted octanol–water partition coefficient (Wildman–Crippen LogP) is 1.58. The number of fused-ring (bicyclic) bond motifs is 1. The molecule has 0 radical (unpaired) electrons. The van der Waals surface area contributed by atoms with E-state index in [0.29, 0.717) is 11.5 Å². The van der Waals surface area contributed by atoms with Gasteiger partial charge in [-0.1, -0.05) is 26.7 Å². The summed E-state index contributed by atoms with van der Waals surface area (Å²) in [6.45, 7) is 6.32. The Labute approximate surface area is 146 Å². The van der Waals surface area contributed by atoms with Gasteiger partial charge in [0.25, 0.3) is 11.5 Å². The van der Waals surface area contributed by atoms with Crippen LogP contribution in [0.25, 0.3) is 11.0 Å². The van der Waals surface area contributed by atoms with E-state index in [1.165, 1.54) is 23.9 Å². The lowest BCUT2D eigenvalue weighted by Gasteiger charge is -2.15. The van der Waals surface area contributed by atoms with E-state index in [2.05, 4.69) is 24.1 Å². The standard InChI is InChI=1S/C18H26N4O3/c1-11(2)7-6-8-12(3)20-16(23)13-9-14-15(19-10-13)21(4)18(25)22(5)17(14)24/h9-12H,6-8H2,1-5H3,(H,20,23). The van der Waals surface area contributed by atoms with Crippen LogP contribution >= 0.6 is 0 Å². The van der Waals surface area contributed by atoms with Gasteiger partial charge in [0, 0.05) is 26.3 Å². The van der Waals surface area contributed by atoms with Crippen LogP contribution in [0.5, 0.6) is 0 Å². The first kappa shape index (κ1) is 18.9. The lowest BCUT2D eigenvalue weighted by molar-refractivity contribution is 0.0937. The highest BCUT2D eigenvalue weighted by Crippen LogP contribution is 2.10. The number of pyridine rings is 1. The molecule has 0 aliphatic carbocycles. The molecule has 25 heavy (non-hydrogen) atoms. The van der Waals surface area contributed by atoms with E-state index in [-0.39, 0.29) is 23.0 Å². The first-order chi connectivity index (χ1) is 11.7. The SMILES string of the molecule is CC(C)CCCC(C)NC(=O)c1cnc2c(c1)c(=O)n(C)c(=O)n2C. The molecule has 2 aromatic heterocycles. The lowest BCUT2D eigenvalue weighted by atomic mass is 10.0. The highest BCUT2D eigenvalue weighted by atomic mass is 16.2. The monoisotopic (exact) mass is 346 g/mol. The normalized spacial score (nSPS) is 12.6. The van der Waals surface area contributed by atoms with Crippen molar-refractivity contribution in [2.45, 2.75) is 46.1 Å². The summed E-state index contributed by atoms with van der Waals surface area (Å²) in [7, 11) is 2.96. The van der Waals surface area contributed by atoms with Crippen LogP contribution in [-0.4, -0.2) is 26.1 Å². The van der Waals surface area contributed by atoms with Gasteiger partial charge in [-0.2, -0.15) is 0 Å². The van der Waals surface area contributed by atoms with Gasteiger partial charge in [-0.25, -0.2) is 9.78 Å². The fourth-order valence-electron chi connectivity index (χ4n) is 2.80.